The Morgan fingerprint density at radius 1 is 1.00 bits per heavy atom. The number of hydrogen-bond donors (Lipinski definition) is 0. The zero-order valence-corrected chi connectivity index (χ0v) is 14.1. The quantitative estimate of drug-likeness (QED) is 0.857. The van der Waals surface area contributed by atoms with Crippen molar-refractivity contribution in [2.24, 2.45) is 0 Å². The van der Waals surface area contributed by atoms with Crippen LogP contribution in [0.4, 0.5) is 4.79 Å². The van der Waals surface area contributed by atoms with Gasteiger partial charge in [0.05, 0.1) is 4.90 Å². The van der Waals surface area contributed by atoms with Crippen LogP contribution in [0.5, 0.6) is 5.75 Å². The third-order valence-electron chi connectivity index (χ3n) is 3.18. The van der Waals surface area contributed by atoms with Crippen molar-refractivity contribution in [3.05, 3.63) is 60.2 Å². The summed E-state index contributed by atoms with van der Waals surface area (Å²) in [5, 5.41) is 0. The molecule has 0 fully saturated rings. The van der Waals surface area contributed by atoms with Crippen LogP contribution in [0.15, 0.2) is 59.5 Å². The summed E-state index contributed by atoms with van der Waals surface area (Å²) in [6.07, 6.45) is -0.924. The maximum Gasteiger partial charge on any atom is 0.429 e. The number of benzene rings is 2. The largest absolute Gasteiger partial charge is 0.429 e. The Hall–Kier alpha value is -2.34. The number of carbonyl (C=O) groups excluding carboxylic acids is 1. The van der Waals surface area contributed by atoms with Gasteiger partial charge in [0.2, 0.25) is 0 Å². The lowest BCUT2D eigenvalue weighted by molar-refractivity contribution is 0.171. The van der Waals surface area contributed by atoms with Crippen molar-refractivity contribution < 1.29 is 17.9 Å². The van der Waals surface area contributed by atoms with Crippen LogP contribution < -0.4 is 4.74 Å². The van der Waals surface area contributed by atoms with E-state index in [1.54, 1.807) is 56.3 Å². The predicted molar refractivity (Wildman–Crippen MR) is 87.8 cm³/mol. The first-order valence-electron chi connectivity index (χ1n) is 7.20. The first-order valence-corrected chi connectivity index (χ1v) is 8.64. The van der Waals surface area contributed by atoms with Gasteiger partial charge in [-0.2, -0.15) is 4.31 Å². The average Bonchev–Trinajstić information content (AvgIpc) is 2.48. The Morgan fingerprint density at radius 3 is 2.09 bits per heavy atom. The fourth-order valence-electron chi connectivity index (χ4n) is 2.04. The molecule has 0 saturated heterocycles. The fourth-order valence-corrected chi connectivity index (χ4v) is 3.54. The molecule has 0 N–H and O–H groups in total. The van der Waals surface area contributed by atoms with E-state index in [4.69, 9.17) is 4.74 Å². The van der Waals surface area contributed by atoms with Gasteiger partial charge >= 0.3 is 6.09 Å². The summed E-state index contributed by atoms with van der Waals surface area (Å²) in [4.78, 5) is 12.4. The van der Waals surface area contributed by atoms with Gasteiger partial charge in [-0.25, -0.2) is 13.2 Å². The van der Waals surface area contributed by atoms with E-state index in [-0.39, 0.29) is 4.90 Å². The Morgan fingerprint density at radius 2 is 1.57 bits per heavy atom. The second-order valence-corrected chi connectivity index (χ2v) is 7.20. The zero-order chi connectivity index (χ0) is 17.0. The van der Waals surface area contributed by atoms with Gasteiger partial charge in [0.15, 0.2) is 0 Å². The lowest BCUT2D eigenvalue weighted by atomic mass is 10.2. The summed E-state index contributed by atoms with van der Waals surface area (Å²) in [5.74, 6) is 0.294. The van der Waals surface area contributed by atoms with Crippen LogP contribution in [0.2, 0.25) is 0 Å². The van der Waals surface area contributed by atoms with Crippen molar-refractivity contribution in [3.8, 4) is 5.75 Å². The number of sulfonamides is 1. The molecule has 0 saturated carbocycles. The van der Waals surface area contributed by atoms with E-state index in [2.05, 4.69) is 0 Å². The van der Waals surface area contributed by atoms with Gasteiger partial charge in [-0.3, -0.25) is 0 Å². The lowest BCUT2D eigenvalue weighted by Gasteiger charge is -2.25. The first-order chi connectivity index (χ1) is 10.8. The summed E-state index contributed by atoms with van der Waals surface area (Å²) >= 11 is 0. The minimum atomic E-state index is -3.98. The van der Waals surface area contributed by atoms with E-state index in [0.29, 0.717) is 5.75 Å². The van der Waals surface area contributed by atoms with Gasteiger partial charge in [-0.15, -0.1) is 0 Å². The van der Waals surface area contributed by atoms with Crippen molar-refractivity contribution in [1.82, 2.24) is 4.31 Å². The number of carbonyl (C=O) groups is 1. The molecule has 0 unspecified atom stereocenters. The number of rotatable bonds is 4. The van der Waals surface area contributed by atoms with Gasteiger partial charge in [-0.1, -0.05) is 35.9 Å². The molecule has 5 nitrogen and oxygen atoms in total. The molecule has 6 heteroatoms. The molecule has 0 aliphatic heterocycles. The molecule has 0 heterocycles. The summed E-state index contributed by atoms with van der Waals surface area (Å²) in [6, 6.07) is 14.1. The van der Waals surface area contributed by atoms with Crippen molar-refractivity contribution in [1.29, 1.82) is 0 Å². The molecule has 0 aliphatic rings. The molecule has 0 spiro atoms. The topological polar surface area (TPSA) is 63.7 Å². The van der Waals surface area contributed by atoms with Crippen molar-refractivity contribution in [2.45, 2.75) is 31.7 Å². The molecule has 2 rings (SSSR count). The third-order valence-corrected chi connectivity index (χ3v) is 5.13. The monoisotopic (exact) mass is 333 g/mol. The molecule has 1 amide bonds. The molecule has 23 heavy (non-hydrogen) atoms. The minimum absolute atomic E-state index is 0.0572. The average molecular weight is 333 g/mol. The van der Waals surface area contributed by atoms with Crippen LogP contribution in [0.3, 0.4) is 0 Å². The smallest absolute Gasteiger partial charge is 0.409 e. The van der Waals surface area contributed by atoms with Gasteiger partial charge in [0.25, 0.3) is 10.0 Å². The molecule has 2 aromatic carbocycles. The summed E-state index contributed by atoms with van der Waals surface area (Å²) in [7, 11) is -3.98. The SMILES string of the molecule is Cc1ccc(S(=O)(=O)N(C(=O)Oc2ccccc2)C(C)C)cc1. The van der Waals surface area contributed by atoms with Gasteiger partial charge in [0, 0.05) is 6.04 Å². The summed E-state index contributed by atoms with van der Waals surface area (Å²) < 4.78 is 31.4. The maximum atomic E-state index is 12.7. The fraction of sp³-hybridized carbons (Fsp3) is 0.235. The van der Waals surface area contributed by atoms with Crippen LogP contribution in [0, 0.1) is 6.92 Å². The van der Waals surface area contributed by atoms with E-state index in [1.165, 1.54) is 12.1 Å². The van der Waals surface area contributed by atoms with E-state index < -0.39 is 22.2 Å². The molecule has 0 radical (unpaired) electrons. The molecule has 122 valence electrons. The van der Waals surface area contributed by atoms with Crippen LogP contribution in [0.1, 0.15) is 19.4 Å². The normalized spacial score (nSPS) is 11.3. The lowest BCUT2D eigenvalue weighted by Crippen LogP contribution is -2.43. The molecular weight excluding hydrogens is 314 g/mol. The minimum Gasteiger partial charge on any atom is -0.409 e. The van der Waals surface area contributed by atoms with E-state index in [1.807, 2.05) is 6.92 Å². The molecule has 2 aromatic rings. The zero-order valence-electron chi connectivity index (χ0n) is 13.3. The van der Waals surface area contributed by atoms with Gasteiger partial charge < -0.3 is 4.74 Å². The number of para-hydroxylation sites is 1. The third kappa shape index (κ3) is 3.90. The highest BCUT2D eigenvalue weighted by atomic mass is 32.2. The van der Waals surface area contributed by atoms with Crippen LogP contribution in [-0.4, -0.2) is 24.9 Å². The van der Waals surface area contributed by atoms with Crippen molar-refractivity contribution in [2.75, 3.05) is 0 Å². The highest BCUT2D eigenvalue weighted by Gasteiger charge is 2.33. The van der Waals surface area contributed by atoms with Gasteiger partial charge in [-0.05, 0) is 45.0 Å². The first kappa shape index (κ1) is 17.0. The second kappa shape index (κ2) is 6.83. The highest BCUT2D eigenvalue weighted by molar-refractivity contribution is 7.89. The molecule has 0 aromatic heterocycles. The number of nitrogens with zero attached hydrogens (tertiary/aromatic N) is 1. The van der Waals surface area contributed by atoms with Crippen LogP contribution in [0.25, 0.3) is 0 Å². The number of amides is 1. The standard InChI is InChI=1S/C17H19NO4S/c1-13(2)18(17(19)22-15-7-5-4-6-8-15)23(20,21)16-11-9-14(3)10-12-16/h4-13H,1-3H3. The van der Waals surface area contributed by atoms with E-state index in [0.717, 1.165) is 9.87 Å². The Balaban J connectivity index is 2.33. The Bertz CT molecular complexity index is 768. The van der Waals surface area contributed by atoms with E-state index >= 15 is 0 Å². The summed E-state index contributed by atoms with van der Waals surface area (Å²) in [6.45, 7) is 5.11. The maximum absolute atomic E-state index is 12.7. The van der Waals surface area contributed by atoms with E-state index in [9.17, 15) is 13.2 Å². The Kier molecular flexibility index (Phi) is 5.05. The molecule has 0 bridgehead atoms. The predicted octanol–water partition coefficient (Wildman–Crippen LogP) is 3.59. The Labute approximate surface area is 136 Å². The van der Waals surface area contributed by atoms with Crippen LogP contribution >= 0.6 is 0 Å². The number of hydrogen-bond acceptors (Lipinski definition) is 4. The summed E-state index contributed by atoms with van der Waals surface area (Å²) in [5.41, 5.74) is 0.937. The highest BCUT2D eigenvalue weighted by Crippen LogP contribution is 2.21. The van der Waals surface area contributed by atoms with Crippen molar-refractivity contribution >= 4 is 16.1 Å². The number of ether oxygens (including phenoxy) is 1. The molecule has 0 atom stereocenters. The second-order valence-electron chi connectivity index (χ2n) is 5.39. The molecule has 0 aliphatic carbocycles. The van der Waals surface area contributed by atoms with Crippen LogP contribution in [-0.2, 0) is 10.0 Å². The van der Waals surface area contributed by atoms with Crippen molar-refractivity contribution in [3.63, 3.8) is 0 Å². The van der Waals surface area contributed by atoms with Gasteiger partial charge in [0.1, 0.15) is 5.75 Å². The number of aryl methyl sites for hydroxylation is 1. The molecular formula is C17H19NO4S.